The van der Waals surface area contributed by atoms with Crippen LogP contribution in [0, 0.1) is 6.92 Å². The summed E-state index contributed by atoms with van der Waals surface area (Å²) >= 11 is 3.08. The molecule has 0 aromatic carbocycles. The molecule has 0 atom stereocenters. The van der Waals surface area contributed by atoms with Crippen molar-refractivity contribution >= 4 is 34.3 Å². The summed E-state index contributed by atoms with van der Waals surface area (Å²) in [4.78, 5) is 13.3. The fraction of sp³-hybridized carbons (Fsp3) is 0.308. The number of ether oxygens (including phenoxy) is 1. The number of anilines is 1. The van der Waals surface area contributed by atoms with E-state index >= 15 is 0 Å². The third-order valence-electron chi connectivity index (χ3n) is 2.87. The van der Waals surface area contributed by atoms with Gasteiger partial charge in [-0.2, -0.15) is 11.3 Å². The second-order valence-electron chi connectivity index (χ2n) is 3.97. The number of hydrogen-bond acceptors (Lipinski definition) is 5. The molecule has 96 valence electrons. The number of carbonyl (C=O) groups excluding carboxylic acids is 1. The molecule has 3 nitrogen and oxygen atoms in total. The third-order valence-corrected chi connectivity index (χ3v) is 5.00. The quantitative estimate of drug-likeness (QED) is 0.872. The van der Waals surface area contributed by atoms with Gasteiger partial charge < -0.3 is 10.5 Å². The molecule has 18 heavy (non-hydrogen) atoms. The average molecular weight is 281 g/mol. The minimum atomic E-state index is -0.355. The molecule has 0 saturated heterocycles. The van der Waals surface area contributed by atoms with Gasteiger partial charge in [-0.25, -0.2) is 4.79 Å². The van der Waals surface area contributed by atoms with Crippen LogP contribution in [-0.2, 0) is 11.2 Å². The smallest absolute Gasteiger partial charge is 0.350 e. The van der Waals surface area contributed by atoms with Gasteiger partial charge in [0, 0.05) is 10.4 Å². The first-order valence-electron chi connectivity index (χ1n) is 5.62. The Balaban J connectivity index is 2.62. The summed E-state index contributed by atoms with van der Waals surface area (Å²) in [5, 5.41) is 4.20. The van der Waals surface area contributed by atoms with Gasteiger partial charge in [0.25, 0.3) is 0 Å². The van der Waals surface area contributed by atoms with Crippen LogP contribution in [0.2, 0.25) is 0 Å². The van der Waals surface area contributed by atoms with Gasteiger partial charge in [0.2, 0.25) is 0 Å². The van der Waals surface area contributed by atoms with Crippen LogP contribution in [0.5, 0.6) is 0 Å². The molecule has 0 amide bonds. The van der Waals surface area contributed by atoms with Gasteiger partial charge in [-0.15, -0.1) is 11.3 Å². The number of thiophene rings is 2. The van der Waals surface area contributed by atoms with E-state index in [2.05, 4.69) is 17.7 Å². The van der Waals surface area contributed by atoms with Gasteiger partial charge in [0.1, 0.15) is 4.88 Å². The summed E-state index contributed by atoms with van der Waals surface area (Å²) in [5.41, 5.74) is 10.1. The first-order chi connectivity index (χ1) is 8.60. The maximum absolute atomic E-state index is 11.7. The summed E-state index contributed by atoms with van der Waals surface area (Å²) in [7, 11) is 1.38. The molecule has 0 aliphatic heterocycles. The molecule has 2 aromatic heterocycles. The van der Waals surface area contributed by atoms with E-state index in [9.17, 15) is 4.79 Å². The summed E-state index contributed by atoms with van der Waals surface area (Å²) in [6.07, 6.45) is 0.809. The van der Waals surface area contributed by atoms with Crippen molar-refractivity contribution in [2.75, 3.05) is 12.8 Å². The number of nitrogen functional groups attached to an aromatic ring is 1. The lowest BCUT2D eigenvalue weighted by Crippen LogP contribution is -2.02. The van der Waals surface area contributed by atoms with Crippen LogP contribution in [-0.4, -0.2) is 13.1 Å². The molecule has 0 aliphatic rings. The van der Waals surface area contributed by atoms with Gasteiger partial charge in [-0.1, -0.05) is 6.92 Å². The molecular formula is C13H15NO2S2. The van der Waals surface area contributed by atoms with Gasteiger partial charge >= 0.3 is 5.97 Å². The van der Waals surface area contributed by atoms with E-state index in [1.807, 2.05) is 6.92 Å². The standard InChI is InChI=1S/C13H15NO2S2/c1-4-8-10(14)12(13(15)16-3)18-11(8)9-6-17-5-7(9)2/h5-6H,4,14H2,1-3H3. The number of rotatable bonds is 3. The van der Waals surface area contributed by atoms with Gasteiger partial charge in [0.05, 0.1) is 12.8 Å². The zero-order chi connectivity index (χ0) is 13.3. The topological polar surface area (TPSA) is 52.3 Å². The molecule has 5 heteroatoms. The van der Waals surface area contributed by atoms with Gasteiger partial charge in [-0.3, -0.25) is 0 Å². The molecule has 0 aliphatic carbocycles. The van der Waals surface area contributed by atoms with Gasteiger partial charge in [0.15, 0.2) is 0 Å². The van der Waals surface area contributed by atoms with Crippen molar-refractivity contribution in [3.05, 3.63) is 26.8 Å². The summed E-state index contributed by atoms with van der Waals surface area (Å²) in [5.74, 6) is -0.355. The molecule has 2 heterocycles. The predicted octanol–water partition coefficient (Wildman–Crippen LogP) is 3.72. The predicted molar refractivity (Wildman–Crippen MR) is 77.5 cm³/mol. The van der Waals surface area contributed by atoms with E-state index < -0.39 is 0 Å². The molecular weight excluding hydrogens is 266 g/mol. The van der Waals surface area contributed by atoms with Crippen LogP contribution in [0.15, 0.2) is 10.8 Å². The number of esters is 1. The summed E-state index contributed by atoms with van der Waals surface area (Å²) in [6, 6.07) is 0. The maximum atomic E-state index is 11.7. The van der Waals surface area contributed by atoms with Crippen molar-refractivity contribution < 1.29 is 9.53 Å². The summed E-state index contributed by atoms with van der Waals surface area (Å²) in [6.45, 7) is 4.11. The van der Waals surface area contributed by atoms with E-state index in [0.717, 1.165) is 16.9 Å². The fourth-order valence-electron chi connectivity index (χ4n) is 1.88. The van der Waals surface area contributed by atoms with Crippen LogP contribution in [0.1, 0.15) is 27.7 Å². The van der Waals surface area contributed by atoms with Crippen molar-refractivity contribution in [2.24, 2.45) is 0 Å². The van der Waals surface area contributed by atoms with Gasteiger partial charge in [-0.05, 0) is 35.2 Å². The van der Waals surface area contributed by atoms with Crippen molar-refractivity contribution in [1.29, 1.82) is 0 Å². The molecule has 2 aromatic rings. The Morgan fingerprint density at radius 3 is 2.67 bits per heavy atom. The van der Waals surface area contributed by atoms with E-state index in [1.54, 1.807) is 11.3 Å². The Kier molecular flexibility index (Phi) is 3.73. The minimum Gasteiger partial charge on any atom is -0.465 e. The number of hydrogen-bond donors (Lipinski definition) is 1. The van der Waals surface area contributed by atoms with Crippen LogP contribution >= 0.6 is 22.7 Å². The van der Waals surface area contributed by atoms with Crippen molar-refractivity contribution in [1.82, 2.24) is 0 Å². The highest BCUT2D eigenvalue weighted by Crippen LogP contribution is 2.41. The van der Waals surface area contributed by atoms with Crippen molar-refractivity contribution in [3.63, 3.8) is 0 Å². The Morgan fingerprint density at radius 1 is 1.44 bits per heavy atom. The van der Waals surface area contributed by atoms with Crippen LogP contribution < -0.4 is 5.73 Å². The largest absolute Gasteiger partial charge is 0.465 e. The third kappa shape index (κ3) is 2.04. The zero-order valence-electron chi connectivity index (χ0n) is 10.6. The molecule has 2 N–H and O–H groups in total. The Hall–Kier alpha value is -1.33. The van der Waals surface area contributed by atoms with Crippen LogP contribution in [0.3, 0.4) is 0 Å². The molecule has 0 fully saturated rings. The highest BCUT2D eigenvalue weighted by Gasteiger charge is 2.22. The first kappa shape index (κ1) is 13.1. The lowest BCUT2D eigenvalue weighted by atomic mass is 10.1. The highest BCUT2D eigenvalue weighted by atomic mass is 32.1. The van der Waals surface area contributed by atoms with Crippen LogP contribution in [0.25, 0.3) is 10.4 Å². The van der Waals surface area contributed by atoms with E-state index in [1.165, 1.54) is 29.6 Å². The molecule has 0 saturated carbocycles. The normalized spacial score (nSPS) is 10.6. The van der Waals surface area contributed by atoms with Crippen molar-refractivity contribution in [2.45, 2.75) is 20.3 Å². The summed E-state index contributed by atoms with van der Waals surface area (Å²) < 4.78 is 4.77. The average Bonchev–Trinajstić information content (AvgIpc) is 2.91. The second kappa shape index (κ2) is 5.12. The van der Waals surface area contributed by atoms with E-state index in [-0.39, 0.29) is 5.97 Å². The number of carbonyl (C=O) groups is 1. The SMILES string of the molecule is CCc1c(-c2cscc2C)sc(C(=O)OC)c1N. The second-order valence-corrected chi connectivity index (χ2v) is 5.73. The minimum absolute atomic E-state index is 0.355. The molecule has 0 bridgehead atoms. The van der Waals surface area contributed by atoms with E-state index in [0.29, 0.717) is 10.6 Å². The molecule has 0 radical (unpaired) electrons. The Bertz CT molecular complexity index is 584. The Labute approximate surface area is 114 Å². The van der Waals surface area contributed by atoms with Crippen molar-refractivity contribution in [3.8, 4) is 10.4 Å². The fourth-order valence-corrected chi connectivity index (χ4v) is 4.11. The van der Waals surface area contributed by atoms with Crippen LogP contribution in [0.4, 0.5) is 5.69 Å². The lowest BCUT2D eigenvalue weighted by Gasteiger charge is -2.01. The number of aryl methyl sites for hydroxylation is 1. The zero-order valence-corrected chi connectivity index (χ0v) is 12.2. The Morgan fingerprint density at radius 2 is 2.17 bits per heavy atom. The molecule has 0 unspecified atom stereocenters. The maximum Gasteiger partial charge on any atom is 0.350 e. The monoisotopic (exact) mass is 281 g/mol. The number of nitrogens with two attached hydrogens (primary N) is 1. The highest BCUT2D eigenvalue weighted by molar-refractivity contribution is 7.18. The molecule has 2 rings (SSSR count). The molecule has 0 spiro atoms. The number of methoxy groups -OCH3 is 1. The first-order valence-corrected chi connectivity index (χ1v) is 7.38. The lowest BCUT2D eigenvalue weighted by molar-refractivity contribution is 0.0607. The van der Waals surface area contributed by atoms with E-state index in [4.69, 9.17) is 10.5 Å².